The van der Waals surface area contributed by atoms with E-state index in [2.05, 4.69) is 27.7 Å². The summed E-state index contributed by atoms with van der Waals surface area (Å²) in [6, 6.07) is 0. The van der Waals surface area contributed by atoms with Gasteiger partial charge >= 0.3 is 19.5 Å². The molecule has 0 rings (SSSR count). The Labute approximate surface area is 483 Å². The first-order chi connectivity index (χ1) is 36.2. The van der Waals surface area contributed by atoms with E-state index in [1.165, 1.54) is 308 Å². The first-order valence-electron chi connectivity index (χ1n) is 33.4. The van der Waals surface area contributed by atoms with Crippen LogP contribution in [-0.4, -0.2) is 26.4 Å². The smallest absolute Gasteiger partial charge is 0.756 e. The minimum atomic E-state index is -4.12. The van der Waals surface area contributed by atoms with E-state index in [1.807, 2.05) is 0 Å². The van der Waals surface area contributed by atoms with E-state index in [9.17, 15) is 18.9 Å². The molecule has 0 aromatic heterocycles. The van der Waals surface area contributed by atoms with E-state index in [0.29, 0.717) is 0 Å². The summed E-state index contributed by atoms with van der Waals surface area (Å²) in [6.45, 7) is 10.1. The molecule has 0 N–H and O–H groups in total. The third-order valence-corrected chi connectivity index (χ3v) is 17.0. The van der Waals surface area contributed by atoms with Gasteiger partial charge in [-0.3, -0.25) is 9.13 Å². The number of hydrogen-bond acceptors (Lipinski definition) is 8. The number of hydrogen-bond donors (Lipinski definition) is 0. The van der Waals surface area contributed by atoms with E-state index in [4.69, 9.17) is 18.1 Å². The third-order valence-electron chi connectivity index (χ3n) is 15.0. The predicted octanol–water partition coefficient (Wildman–Crippen LogP) is 22.9. The van der Waals surface area contributed by atoms with Gasteiger partial charge in [0, 0.05) is 0 Å². The Balaban J connectivity index is -0.00000136. The molecular weight excluding hydrogens is 1020 g/mol. The van der Waals surface area contributed by atoms with Crippen LogP contribution < -0.4 is 9.79 Å². The standard InChI is InChI=1S/2C32H67O4P.Zn/c2*1-3-5-7-9-11-13-15-17-19-21-23-25-27-29-31-35-37(33,34)36-32-30-28-26-24-22-20-18-16-14-12-10-8-6-4-2;/h2*3-32H2,1-2H3,(H,33,34);/q;;+2/p-2. The molecule has 0 aliphatic heterocycles. The van der Waals surface area contributed by atoms with Gasteiger partial charge in [0.1, 0.15) is 0 Å². The van der Waals surface area contributed by atoms with Crippen molar-refractivity contribution in [3.05, 3.63) is 0 Å². The van der Waals surface area contributed by atoms with Crippen LogP contribution in [0, 0.1) is 0 Å². The number of phosphoric ester groups is 2. The first kappa shape index (κ1) is 80.1. The van der Waals surface area contributed by atoms with Crippen molar-refractivity contribution in [2.24, 2.45) is 0 Å². The largest absolute Gasteiger partial charge is 2.00 e. The summed E-state index contributed by atoms with van der Waals surface area (Å²) in [5, 5.41) is 0. The summed E-state index contributed by atoms with van der Waals surface area (Å²) in [6.07, 6.45) is 72.1. The van der Waals surface area contributed by atoms with Gasteiger partial charge in [0.05, 0.1) is 26.4 Å². The fourth-order valence-corrected chi connectivity index (χ4v) is 11.5. The minimum absolute atomic E-state index is 0. The summed E-state index contributed by atoms with van der Waals surface area (Å²) in [7, 11) is -8.23. The van der Waals surface area contributed by atoms with Crippen LogP contribution in [0.4, 0.5) is 0 Å². The Hall–Kier alpha value is 0.843. The molecule has 448 valence electrons. The summed E-state index contributed by atoms with van der Waals surface area (Å²) in [5.74, 6) is 0. The van der Waals surface area contributed by atoms with Crippen LogP contribution in [0.3, 0.4) is 0 Å². The molecule has 75 heavy (non-hydrogen) atoms. The van der Waals surface area contributed by atoms with Crippen molar-refractivity contribution in [3.8, 4) is 0 Å². The molecule has 0 unspecified atom stereocenters. The molecule has 8 nitrogen and oxygen atoms in total. The van der Waals surface area contributed by atoms with Crippen LogP contribution in [0.25, 0.3) is 0 Å². The monoisotopic (exact) mass is 1150 g/mol. The molecule has 0 bridgehead atoms. The Bertz CT molecular complexity index is 959. The minimum Gasteiger partial charge on any atom is -0.756 e. The van der Waals surface area contributed by atoms with Crippen LogP contribution in [0.15, 0.2) is 0 Å². The van der Waals surface area contributed by atoms with Crippen LogP contribution in [0.1, 0.15) is 387 Å². The van der Waals surface area contributed by atoms with Gasteiger partial charge in [-0.15, -0.1) is 0 Å². The van der Waals surface area contributed by atoms with Crippen molar-refractivity contribution in [1.29, 1.82) is 0 Å². The first-order valence-corrected chi connectivity index (χ1v) is 36.4. The number of rotatable bonds is 64. The van der Waals surface area contributed by atoms with Crippen molar-refractivity contribution < 1.29 is 56.5 Å². The molecule has 0 aliphatic rings. The normalized spacial score (nSPS) is 11.8. The molecule has 0 saturated carbocycles. The van der Waals surface area contributed by atoms with Gasteiger partial charge in [-0.1, -0.05) is 362 Å². The average Bonchev–Trinajstić information content (AvgIpc) is 3.38. The van der Waals surface area contributed by atoms with Gasteiger partial charge in [-0.25, -0.2) is 0 Å². The quantitative estimate of drug-likeness (QED) is 0.0336. The fourth-order valence-electron chi connectivity index (χ4n) is 9.97. The molecule has 0 heterocycles. The van der Waals surface area contributed by atoms with Gasteiger partial charge in [-0.05, 0) is 25.7 Å². The molecule has 0 radical (unpaired) electrons. The van der Waals surface area contributed by atoms with Crippen molar-refractivity contribution in [1.82, 2.24) is 0 Å². The molecule has 0 atom stereocenters. The SMILES string of the molecule is CCCCCCCCCCCCCCCCOP(=O)([O-])OCCCCCCCCCCCCCCCC.CCCCCCCCCCCCCCCCOP(=O)([O-])OCCCCCCCCCCCCCCCC.[Zn+2]. The Morgan fingerprint density at radius 1 is 0.200 bits per heavy atom. The summed E-state index contributed by atoms with van der Waals surface area (Å²) < 4.78 is 43.9. The second kappa shape index (κ2) is 69.1. The van der Waals surface area contributed by atoms with Crippen molar-refractivity contribution in [2.45, 2.75) is 387 Å². The zero-order chi connectivity index (χ0) is 54.3. The van der Waals surface area contributed by atoms with Crippen LogP contribution in [-0.2, 0) is 46.7 Å². The van der Waals surface area contributed by atoms with E-state index in [0.717, 1.165) is 51.4 Å². The van der Waals surface area contributed by atoms with E-state index < -0.39 is 15.6 Å². The number of phosphoric acid groups is 2. The molecule has 0 spiro atoms. The van der Waals surface area contributed by atoms with Gasteiger partial charge in [0.15, 0.2) is 0 Å². The maximum atomic E-state index is 11.9. The molecule has 11 heteroatoms. The summed E-state index contributed by atoms with van der Waals surface area (Å²) in [5.41, 5.74) is 0. The fraction of sp³-hybridized carbons (Fsp3) is 1.00. The Morgan fingerprint density at radius 2 is 0.293 bits per heavy atom. The van der Waals surface area contributed by atoms with E-state index >= 15 is 0 Å². The number of unbranched alkanes of at least 4 members (excludes halogenated alkanes) is 52. The zero-order valence-corrected chi connectivity index (χ0v) is 56.0. The molecule has 0 aliphatic carbocycles. The van der Waals surface area contributed by atoms with Gasteiger partial charge in [0.25, 0.3) is 15.6 Å². The Morgan fingerprint density at radius 3 is 0.400 bits per heavy atom. The predicted molar refractivity (Wildman–Crippen MR) is 320 cm³/mol. The molecule has 0 amide bonds. The van der Waals surface area contributed by atoms with Gasteiger partial charge < -0.3 is 27.9 Å². The van der Waals surface area contributed by atoms with E-state index in [1.54, 1.807) is 0 Å². The maximum Gasteiger partial charge on any atom is 2.00 e. The van der Waals surface area contributed by atoms with Gasteiger partial charge in [-0.2, -0.15) is 0 Å². The summed E-state index contributed by atoms with van der Waals surface area (Å²) in [4.78, 5) is 23.8. The van der Waals surface area contributed by atoms with Gasteiger partial charge in [0.2, 0.25) is 0 Å². The third kappa shape index (κ3) is 74.8. The van der Waals surface area contributed by atoms with Crippen LogP contribution >= 0.6 is 15.6 Å². The van der Waals surface area contributed by atoms with Crippen LogP contribution in [0.5, 0.6) is 0 Å². The van der Waals surface area contributed by atoms with Crippen LogP contribution in [0.2, 0.25) is 0 Å². The van der Waals surface area contributed by atoms with Crippen molar-refractivity contribution in [3.63, 3.8) is 0 Å². The second-order valence-corrected chi connectivity index (χ2v) is 25.4. The molecule has 0 aromatic rings. The van der Waals surface area contributed by atoms with E-state index in [-0.39, 0.29) is 45.9 Å². The van der Waals surface area contributed by atoms with Crippen molar-refractivity contribution in [2.75, 3.05) is 26.4 Å². The molecule has 0 aromatic carbocycles. The molecular formula is C64H132O8P2Zn. The maximum absolute atomic E-state index is 11.9. The topological polar surface area (TPSA) is 117 Å². The van der Waals surface area contributed by atoms with Crippen molar-refractivity contribution >= 4 is 15.6 Å². The zero-order valence-electron chi connectivity index (χ0n) is 51.3. The Kier molecular flexibility index (Phi) is 73.8. The summed E-state index contributed by atoms with van der Waals surface area (Å²) >= 11 is 0. The average molecular weight is 1160 g/mol. The molecule has 0 fully saturated rings. The second-order valence-electron chi connectivity index (χ2n) is 22.6. The molecule has 0 saturated heterocycles.